The van der Waals surface area contributed by atoms with E-state index in [0.717, 1.165) is 59.4 Å². The number of aromatic nitrogens is 3. The van der Waals surface area contributed by atoms with Gasteiger partial charge < -0.3 is 19.6 Å². The Morgan fingerprint density at radius 2 is 2.06 bits per heavy atom. The Hall–Kier alpha value is -1.71. The molecule has 166 valence electrons. The Balaban J connectivity index is 1.58. The third-order valence-corrected chi connectivity index (χ3v) is 7.60. The Morgan fingerprint density at radius 3 is 2.77 bits per heavy atom. The van der Waals surface area contributed by atoms with Crippen LogP contribution < -0.4 is 0 Å². The summed E-state index contributed by atoms with van der Waals surface area (Å²) in [4.78, 5) is 14.9. The first kappa shape index (κ1) is 22.5. The number of H-pyrrole nitrogens is 1. The molecule has 0 amide bonds. The van der Waals surface area contributed by atoms with Gasteiger partial charge >= 0.3 is 0 Å². The van der Waals surface area contributed by atoms with E-state index in [-0.39, 0.29) is 12.5 Å². The van der Waals surface area contributed by atoms with E-state index in [2.05, 4.69) is 40.5 Å². The van der Waals surface area contributed by atoms with Crippen molar-refractivity contribution in [2.45, 2.75) is 36.2 Å². The summed E-state index contributed by atoms with van der Waals surface area (Å²) >= 11 is 3.20. The molecule has 2 unspecified atom stereocenters. The van der Waals surface area contributed by atoms with Crippen molar-refractivity contribution < 1.29 is 14.6 Å². The molecular weight excluding hydrogens is 430 g/mol. The Morgan fingerprint density at radius 1 is 1.23 bits per heavy atom. The maximum atomic E-state index is 10.2. The van der Waals surface area contributed by atoms with Crippen molar-refractivity contribution >= 4 is 23.1 Å². The number of nitrogens with zero attached hydrogens (tertiary/aromatic N) is 2. The van der Waals surface area contributed by atoms with E-state index in [1.165, 1.54) is 16.2 Å². The zero-order valence-corrected chi connectivity index (χ0v) is 19.5. The molecule has 1 aliphatic rings. The summed E-state index contributed by atoms with van der Waals surface area (Å²) in [5, 5.41) is 11.0. The van der Waals surface area contributed by atoms with Gasteiger partial charge in [-0.3, -0.25) is 4.98 Å². The number of hydrogen-bond donors (Lipinski definition) is 2. The Labute approximate surface area is 191 Å². The maximum absolute atomic E-state index is 10.2. The number of aromatic amines is 1. The number of rotatable bonds is 9. The first-order valence-corrected chi connectivity index (χ1v) is 12.6. The van der Waals surface area contributed by atoms with Crippen LogP contribution in [0.5, 0.6) is 0 Å². The van der Waals surface area contributed by atoms with Crippen molar-refractivity contribution in [3.63, 3.8) is 0 Å². The van der Waals surface area contributed by atoms with E-state index in [1.807, 2.05) is 6.20 Å². The van der Waals surface area contributed by atoms with E-state index in [0.29, 0.717) is 5.92 Å². The van der Waals surface area contributed by atoms with Crippen LogP contribution in [0.3, 0.4) is 0 Å². The lowest BCUT2D eigenvalue weighted by Gasteiger charge is -2.26. The lowest BCUT2D eigenvalue weighted by molar-refractivity contribution is 0.0625. The number of thioether (sulfide) groups is 1. The van der Waals surface area contributed by atoms with Crippen LogP contribution >= 0.6 is 23.1 Å². The summed E-state index contributed by atoms with van der Waals surface area (Å²) < 4.78 is 10.6. The molecule has 1 saturated heterocycles. The summed E-state index contributed by atoms with van der Waals surface area (Å²) in [7, 11) is 1.58. The van der Waals surface area contributed by atoms with Gasteiger partial charge in [0.1, 0.15) is 11.1 Å². The third-order valence-electron chi connectivity index (χ3n) is 5.75. The highest BCUT2D eigenvalue weighted by atomic mass is 32.2. The Kier molecular flexibility index (Phi) is 7.79. The van der Waals surface area contributed by atoms with Gasteiger partial charge in [-0.05, 0) is 55.7 Å². The molecule has 31 heavy (non-hydrogen) atoms. The van der Waals surface area contributed by atoms with Gasteiger partial charge in [-0.1, -0.05) is 0 Å². The molecule has 0 aromatic carbocycles. The predicted octanol–water partition coefficient (Wildman–Crippen LogP) is 4.88. The van der Waals surface area contributed by atoms with Gasteiger partial charge in [0.05, 0.1) is 17.2 Å². The van der Waals surface area contributed by atoms with Gasteiger partial charge in [0.2, 0.25) is 0 Å². The average molecular weight is 460 g/mol. The highest BCUT2D eigenvalue weighted by molar-refractivity contribution is 7.98. The number of ether oxygens (including phenoxy) is 2. The van der Waals surface area contributed by atoms with Crippen LogP contribution in [0, 0.1) is 5.92 Å². The molecule has 0 bridgehead atoms. The summed E-state index contributed by atoms with van der Waals surface area (Å²) in [6.45, 7) is 1.96. The Bertz CT molecular complexity index is 951. The number of methoxy groups -OCH3 is 1. The standard InChI is InChI=1S/C23H29N3O3S2/c1-28-14-21(27)22-13-25-23(31-22)20-6-5-19(26-20)17(11-15-7-9-29-10-8-15)18-4-3-16(30-2)12-24-18/h3-6,12-13,15,17,21,26-27H,7-11,14H2,1-2H3. The SMILES string of the molecule is COCC(O)c1cnc(-c2ccc(C(CC3CCOCC3)c3ccc(SC)cn3)[nH]2)s1. The lowest BCUT2D eigenvalue weighted by Crippen LogP contribution is -2.19. The maximum Gasteiger partial charge on any atom is 0.139 e. The minimum Gasteiger partial charge on any atom is -0.385 e. The van der Waals surface area contributed by atoms with Gasteiger partial charge in [-0.15, -0.1) is 23.1 Å². The fourth-order valence-corrected chi connectivity index (χ4v) is 5.22. The topological polar surface area (TPSA) is 80.3 Å². The highest BCUT2D eigenvalue weighted by Gasteiger charge is 2.25. The van der Waals surface area contributed by atoms with E-state index < -0.39 is 6.10 Å². The van der Waals surface area contributed by atoms with Crippen molar-refractivity contribution in [1.29, 1.82) is 0 Å². The molecule has 0 radical (unpaired) electrons. The molecule has 2 atom stereocenters. The molecule has 3 aromatic heterocycles. The number of pyridine rings is 1. The van der Waals surface area contributed by atoms with E-state index in [9.17, 15) is 5.11 Å². The minimum absolute atomic E-state index is 0.200. The molecular formula is C23H29N3O3S2. The molecule has 8 heteroatoms. The summed E-state index contributed by atoms with van der Waals surface area (Å²) in [6.07, 6.45) is 8.35. The first-order chi connectivity index (χ1) is 15.2. The number of aliphatic hydroxyl groups is 1. The highest BCUT2D eigenvalue weighted by Crippen LogP contribution is 2.36. The number of thiazole rings is 1. The van der Waals surface area contributed by atoms with Gasteiger partial charge in [0, 0.05) is 54.9 Å². The molecule has 4 heterocycles. The van der Waals surface area contributed by atoms with Crippen LogP contribution in [0.15, 0.2) is 41.6 Å². The molecule has 0 aliphatic carbocycles. The lowest BCUT2D eigenvalue weighted by atomic mass is 9.85. The molecule has 0 spiro atoms. The molecule has 0 saturated carbocycles. The second kappa shape index (κ2) is 10.7. The van der Waals surface area contributed by atoms with Gasteiger partial charge in [0.25, 0.3) is 0 Å². The number of aliphatic hydroxyl groups excluding tert-OH is 1. The summed E-state index contributed by atoms with van der Waals surface area (Å²) in [5.74, 6) is 0.828. The van der Waals surface area contributed by atoms with E-state index in [1.54, 1.807) is 25.1 Å². The molecule has 6 nitrogen and oxygen atoms in total. The van der Waals surface area contributed by atoms with Crippen molar-refractivity contribution in [2.75, 3.05) is 33.2 Å². The van der Waals surface area contributed by atoms with E-state index >= 15 is 0 Å². The largest absolute Gasteiger partial charge is 0.385 e. The number of nitrogens with one attached hydrogen (secondary N) is 1. The van der Waals surface area contributed by atoms with Crippen molar-refractivity contribution in [3.8, 4) is 10.7 Å². The van der Waals surface area contributed by atoms with Crippen LogP contribution in [0.25, 0.3) is 10.7 Å². The zero-order chi connectivity index (χ0) is 21.6. The van der Waals surface area contributed by atoms with Gasteiger partial charge in [0.15, 0.2) is 0 Å². The van der Waals surface area contributed by atoms with Crippen LogP contribution in [-0.2, 0) is 9.47 Å². The molecule has 3 aromatic rings. The molecule has 1 aliphatic heterocycles. The quantitative estimate of drug-likeness (QED) is 0.444. The van der Waals surface area contributed by atoms with Crippen LogP contribution in [0.4, 0.5) is 0 Å². The second-order valence-electron chi connectivity index (χ2n) is 7.83. The second-order valence-corrected chi connectivity index (χ2v) is 9.78. The van der Waals surface area contributed by atoms with E-state index in [4.69, 9.17) is 14.5 Å². The summed E-state index contributed by atoms with van der Waals surface area (Å²) in [6, 6.07) is 8.53. The molecule has 4 rings (SSSR count). The van der Waals surface area contributed by atoms with Crippen molar-refractivity contribution in [2.24, 2.45) is 5.92 Å². The van der Waals surface area contributed by atoms with Crippen molar-refractivity contribution in [1.82, 2.24) is 15.0 Å². The molecule has 2 N–H and O–H groups in total. The minimum atomic E-state index is -0.647. The zero-order valence-electron chi connectivity index (χ0n) is 17.9. The van der Waals surface area contributed by atoms with Gasteiger partial charge in [-0.25, -0.2) is 4.98 Å². The number of hydrogen-bond acceptors (Lipinski definition) is 7. The van der Waals surface area contributed by atoms with Gasteiger partial charge in [-0.2, -0.15) is 0 Å². The first-order valence-electron chi connectivity index (χ1n) is 10.6. The predicted molar refractivity (Wildman–Crippen MR) is 125 cm³/mol. The van der Waals surface area contributed by atoms with Crippen LogP contribution in [-0.4, -0.2) is 53.2 Å². The fourth-order valence-electron chi connectivity index (χ4n) is 3.99. The smallest absolute Gasteiger partial charge is 0.139 e. The molecule has 1 fully saturated rings. The van der Waals surface area contributed by atoms with Crippen LogP contribution in [0.1, 0.15) is 47.5 Å². The van der Waals surface area contributed by atoms with Crippen LogP contribution in [0.2, 0.25) is 0 Å². The monoisotopic (exact) mass is 459 g/mol. The van der Waals surface area contributed by atoms with Crippen molar-refractivity contribution in [3.05, 3.63) is 52.9 Å². The normalized spacial score (nSPS) is 17.0. The third kappa shape index (κ3) is 5.56. The fraction of sp³-hybridized carbons (Fsp3) is 0.478. The average Bonchev–Trinajstić information content (AvgIpc) is 3.48. The summed E-state index contributed by atoms with van der Waals surface area (Å²) in [5.41, 5.74) is 3.21.